The molecule has 0 saturated heterocycles. The van der Waals surface area contributed by atoms with Crippen LogP contribution in [0.15, 0.2) is 12.2 Å². The molecule has 0 atom stereocenters. The van der Waals surface area contributed by atoms with Gasteiger partial charge in [0.2, 0.25) is 5.91 Å². The molecule has 0 spiro atoms. The van der Waals surface area contributed by atoms with E-state index in [9.17, 15) is 9.59 Å². The van der Waals surface area contributed by atoms with Gasteiger partial charge in [-0.15, -0.1) is 0 Å². The second kappa shape index (κ2) is 4.70. The van der Waals surface area contributed by atoms with Crippen LogP contribution in [0.1, 0.15) is 13.8 Å². The molecule has 0 aliphatic heterocycles. The highest BCUT2D eigenvalue weighted by molar-refractivity contribution is 5.98. The van der Waals surface area contributed by atoms with E-state index in [1.165, 1.54) is 17.1 Å². The molecule has 0 unspecified atom stereocenters. The van der Waals surface area contributed by atoms with E-state index in [2.05, 4.69) is 0 Å². The molecule has 3 heteroatoms. The highest BCUT2D eigenvalue weighted by atomic mass is 16.2. The Hall–Kier alpha value is -1.12. The van der Waals surface area contributed by atoms with Crippen LogP contribution in [-0.4, -0.2) is 30.7 Å². The highest BCUT2D eigenvalue weighted by Crippen LogP contribution is 1.95. The summed E-state index contributed by atoms with van der Waals surface area (Å²) in [7, 11) is 3.29. The fourth-order valence-corrected chi connectivity index (χ4v) is 0.495. The third-order valence-corrected chi connectivity index (χ3v) is 1.40. The van der Waals surface area contributed by atoms with Crippen molar-refractivity contribution in [2.24, 2.45) is 5.92 Å². The van der Waals surface area contributed by atoms with Crippen LogP contribution in [0.25, 0.3) is 0 Å². The van der Waals surface area contributed by atoms with E-state index >= 15 is 0 Å². The molecule has 0 radical (unpaired) electrons. The van der Waals surface area contributed by atoms with Gasteiger partial charge in [0.1, 0.15) is 0 Å². The molecule has 12 heavy (non-hydrogen) atoms. The first kappa shape index (κ1) is 10.9. The van der Waals surface area contributed by atoms with E-state index in [4.69, 9.17) is 0 Å². The number of rotatable bonds is 3. The zero-order valence-electron chi connectivity index (χ0n) is 8.00. The summed E-state index contributed by atoms with van der Waals surface area (Å²) in [6.45, 7) is 3.60. The number of amides is 1. The van der Waals surface area contributed by atoms with Crippen LogP contribution in [0.5, 0.6) is 0 Å². The fourth-order valence-electron chi connectivity index (χ4n) is 0.495. The zero-order valence-corrected chi connectivity index (χ0v) is 8.00. The molecule has 0 saturated carbocycles. The molecule has 0 aromatic rings. The van der Waals surface area contributed by atoms with Crippen molar-refractivity contribution in [2.75, 3.05) is 14.1 Å². The topological polar surface area (TPSA) is 37.4 Å². The summed E-state index contributed by atoms with van der Waals surface area (Å²) in [4.78, 5) is 23.4. The van der Waals surface area contributed by atoms with Crippen LogP contribution in [0.4, 0.5) is 0 Å². The van der Waals surface area contributed by atoms with Crippen LogP contribution in [0.2, 0.25) is 0 Å². The number of ketones is 1. The Kier molecular flexibility index (Phi) is 4.26. The lowest BCUT2D eigenvalue weighted by molar-refractivity contribution is -0.124. The van der Waals surface area contributed by atoms with Crippen LogP contribution in [0.3, 0.4) is 0 Å². The van der Waals surface area contributed by atoms with Crippen molar-refractivity contribution in [2.45, 2.75) is 13.8 Å². The second-order valence-corrected chi connectivity index (χ2v) is 3.12. The van der Waals surface area contributed by atoms with Gasteiger partial charge in [0.05, 0.1) is 0 Å². The number of hydrogen-bond donors (Lipinski definition) is 0. The Balaban J connectivity index is 4.08. The summed E-state index contributed by atoms with van der Waals surface area (Å²) >= 11 is 0. The fraction of sp³-hybridized carbons (Fsp3) is 0.556. The molecule has 3 nitrogen and oxygen atoms in total. The van der Waals surface area contributed by atoms with Gasteiger partial charge < -0.3 is 4.90 Å². The number of carbonyl (C=O) groups excluding carboxylic acids is 2. The molecule has 0 aliphatic rings. The third-order valence-electron chi connectivity index (χ3n) is 1.40. The van der Waals surface area contributed by atoms with E-state index in [0.717, 1.165) is 0 Å². The average molecular weight is 169 g/mol. The molecule has 0 fully saturated rings. The largest absolute Gasteiger partial charge is 0.345 e. The SMILES string of the molecule is CC(C)C(=O)/C=C/C(=O)N(C)C. The van der Waals surface area contributed by atoms with E-state index in [1.54, 1.807) is 27.9 Å². The minimum atomic E-state index is -0.163. The summed E-state index contributed by atoms with van der Waals surface area (Å²) < 4.78 is 0. The van der Waals surface area contributed by atoms with Crippen LogP contribution < -0.4 is 0 Å². The molecule has 0 N–H and O–H groups in total. The van der Waals surface area contributed by atoms with Crippen LogP contribution in [-0.2, 0) is 9.59 Å². The summed E-state index contributed by atoms with van der Waals surface area (Å²) in [6.07, 6.45) is 2.62. The molecular weight excluding hydrogens is 154 g/mol. The van der Waals surface area contributed by atoms with E-state index in [1.807, 2.05) is 0 Å². The van der Waals surface area contributed by atoms with Crippen molar-refractivity contribution in [3.05, 3.63) is 12.2 Å². The lowest BCUT2D eigenvalue weighted by Crippen LogP contribution is -2.19. The predicted octanol–water partition coefficient (Wildman–Crippen LogP) is 0.856. The normalized spacial score (nSPS) is 10.8. The lowest BCUT2D eigenvalue weighted by atomic mass is 10.1. The van der Waals surface area contributed by atoms with Gasteiger partial charge in [0, 0.05) is 26.1 Å². The summed E-state index contributed by atoms with van der Waals surface area (Å²) in [5.41, 5.74) is 0. The van der Waals surface area contributed by atoms with Crippen LogP contribution >= 0.6 is 0 Å². The quantitative estimate of drug-likeness (QED) is 0.587. The Morgan fingerprint density at radius 2 is 1.67 bits per heavy atom. The van der Waals surface area contributed by atoms with Crippen molar-refractivity contribution in [1.29, 1.82) is 0 Å². The molecule has 0 aromatic carbocycles. The van der Waals surface area contributed by atoms with E-state index in [0.29, 0.717) is 0 Å². The second-order valence-electron chi connectivity index (χ2n) is 3.12. The molecule has 0 rings (SSSR count). The number of hydrogen-bond acceptors (Lipinski definition) is 2. The van der Waals surface area contributed by atoms with Crippen molar-refractivity contribution in [3.8, 4) is 0 Å². The predicted molar refractivity (Wildman–Crippen MR) is 47.7 cm³/mol. The Bertz CT molecular complexity index is 183. The van der Waals surface area contributed by atoms with Gasteiger partial charge in [-0.2, -0.15) is 0 Å². The van der Waals surface area contributed by atoms with E-state index < -0.39 is 0 Å². The average Bonchev–Trinajstić information content (AvgIpc) is 1.98. The first-order valence-electron chi connectivity index (χ1n) is 3.88. The van der Waals surface area contributed by atoms with Crippen molar-refractivity contribution >= 4 is 11.7 Å². The number of allylic oxidation sites excluding steroid dienone is 1. The molecule has 1 amide bonds. The number of nitrogens with zero attached hydrogens (tertiary/aromatic N) is 1. The highest BCUT2D eigenvalue weighted by Gasteiger charge is 2.03. The first-order chi connectivity index (χ1) is 5.45. The molecule has 0 aliphatic carbocycles. The monoisotopic (exact) mass is 169 g/mol. The smallest absolute Gasteiger partial charge is 0.246 e. The molecule has 68 valence electrons. The maximum absolute atomic E-state index is 11.0. The van der Waals surface area contributed by atoms with Gasteiger partial charge in [-0.1, -0.05) is 13.8 Å². The van der Waals surface area contributed by atoms with Gasteiger partial charge in [-0.25, -0.2) is 0 Å². The minimum absolute atomic E-state index is 0.0230. The molecule has 0 aromatic heterocycles. The number of likely N-dealkylation sites (N-methyl/N-ethyl adjacent to an activating group) is 1. The molecule has 0 heterocycles. The van der Waals surface area contributed by atoms with Gasteiger partial charge in [0.25, 0.3) is 0 Å². The zero-order chi connectivity index (χ0) is 9.72. The first-order valence-corrected chi connectivity index (χ1v) is 3.88. The van der Waals surface area contributed by atoms with Crippen molar-refractivity contribution in [1.82, 2.24) is 4.90 Å². The van der Waals surface area contributed by atoms with Gasteiger partial charge >= 0.3 is 0 Å². The summed E-state index contributed by atoms with van der Waals surface area (Å²) in [6, 6.07) is 0. The summed E-state index contributed by atoms with van der Waals surface area (Å²) in [5, 5.41) is 0. The van der Waals surface area contributed by atoms with E-state index in [-0.39, 0.29) is 17.6 Å². The maximum Gasteiger partial charge on any atom is 0.246 e. The van der Waals surface area contributed by atoms with Crippen molar-refractivity contribution in [3.63, 3.8) is 0 Å². The third kappa shape index (κ3) is 3.91. The Morgan fingerprint density at radius 3 is 2.00 bits per heavy atom. The molecular formula is C9H15NO2. The number of carbonyl (C=O) groups is 2. The van der Waals surface area contributed by atoms with Gasteiger partial charge in [-0.3, -0.25) is 9.59 Å². The maximum atomic E-state index is 11.0. The molecule has 0 bridgehead atoms. The minimum Gasteiger partial charge on any atom is -0.345 e. The Labute approximate surface area is 73.1 Å². The van der Waals surface area contributed by atoms with Gasteiger partial charge in [-0.05, 0) is 6.08 Å². The van der Waals surface area contributed by atoms with Crippen molar-refractivity contribution < 1.29 is 9.59 Å². The Morgan fingerprint density at radius 1 is 1.17 bits per heavy atom. The standard InChI is InChI=1S/C9H15NO2/c1-7(2)8(11)5-6-9(12)10(3)4/h5-7H,1-4H3/b6-5+. The summed E-state index contributed by atoms with van der Waals surface area (Å²) in [5.74, 6) is -0.231. The lowest BCUT2D eigenvalue weighted by Gasteiger charge is -2.05. The van der Waals surface area contributed by atoms with Gasteiger partial charge in [0.15, 0.2) is 5.78 Å². The van der Waals surface area contributed by atoms with Crippen LogP contribution in [0, 0.1) is 5.92 Å².